The van der Waals surface area contributed by atoms with Crippen LogP contribution >= 0.6 is 0 Å². The van der Waals surface area contributed by atoms with E-state index in [9.17, 15) is 0 Å². The second-order valence-electron chi connectivity index (χ2n) is 34.7. The number of aromatic nitrogens is 12. The summed E-state index contributed by atoms with van der Waals surface area (Å²) in [4.78, 5) is 41.7. The van der Waals surface area contributed by atoms with E-state index in [0.717, 1.165) is 119 Å². The zero-order valence-corrected chi connectivity index (χ0v) is 72.5. The van der Waals surface area contributed by atoms with Crippen molar-refractivity contribution in [2.24, 2.45) is 0 Å². The minimum atomic E-state index is 0.671. The molecule has 618 valence electrons. The lowest BCUT2D eigenvalue weighted by atomic mass is 10.0. The van der Waals surface area contributed by atoms with E-state index in [-0.39, 0.29) is 0 Å². The molecule has 7 aromatic rings. The van der Waals surface area contributed by atoms with Crippen molar-refractivity contribution in [1.82, 2.24) is 39.9 Å². The Morgan fingerprint density at radius 2 is 0.402 bits per heavy atom. The third-order valence-electron chi connectivity index (χ3n) is 24.9. The van der Waals surface area contributed by atoms with Crippen LogP contribution in [0.4, 0.5) is 0 Å². The fourth-order valence-corrected chi connectivity index (χ4v) is 18.0. The number of fused-ring (bicyclic) bond motifs is 20. The standard InChI is InChI=1S/C100H161N12/c1-5-9-13-17-21-25-29-33-37-41-45-49-53-57-61-65-77-109-81-69-73-85-89(109)97-101-93(85)106-98-91-87(75-71-83-111(91)79-67-63-59-55-51-47-43-39-35-31-27-23-19-15-11-7-3)95(103-98)108-100-92-88(76-72-84-112(92)80-68-64-60-56-52-48-44-40-36-32-28-24-20-16-12-8-4)96(104-100)107-99-90-86(94(102-99)105-97)74-70-82-110(90)78-66-62-58-54-50-46-42-38-34-30-26-22-18-14-10-6-2/h69-76,81-84H,5-68,77-80H2,1-4H3,(H,101,102,103,104,105,106,107,108)/q+3/p+1. The van der Waals surface area contributed by atoms with Crippen molar-refractivity contribution in [3.8, 4) is 45.8 Å². The molecule has 2 aliphatic rings. The van der Waals surface area contributed by atoms with Crippen molar-refractivity contribution in [1.29, 1.82) is 0 Å². The second-order valence-corrected chi connectivity index (χ2v) is 34.7. The number of nitrogens with zero attached hydrogens (tertiary/aromatic N) is 10. The van der Waals surface area contributed by atoms with Crippen LogP contribution in [0.5, 0.6) is 0 Å². The lowest BCUT2D eigenvalue weighted by Gasteiger charge is -2.04. The number of rotatable bonds is 68. The summed E-state index contributed by atoms with van der Waals surface area (Å²) in [6.07, 6.45) is 95.7. The van der Waals surface area contributed by atoms with Gasteiger partial charge in [0.05, 0.1) is 21.9 Å². The molecule has 12 nitrogen and oxygen atoms in total. The van der Waals surface area contributed by atoms with Crippen molar-refractivity contribution in [2.75, 3.05) is 0 Å². The van der Waals surface area contributed by atoms with Crippen molar-refractivity contribution >= 4 is 44.4 Å². The van der Waals surface area contributed by atoms with Crippen LogP contribution in [-0.2, 0) is 26.2 Å². The Bertz CT molecular complexity index is 3580. The number of aromatic amines is 2. The molecule has 112 heavy (non-hydrogen) atoms. The largest absolute Gasteiger partial charge is 0.318 e. The molecule has 0 aliphatic carbocycles. The summed E-state index contributed by atoms with van der Waals surface area (Å²) in [5.41, 5.74) is 9.20. The Balaban J connectivity index is 0.975. The predicted octanol–water partition coefficient (Wildman–Crippen LogP) is 29.1. The molecule has 0 atom stereocenters. The third-order valence-corrected chi connectivity index (χ3v) is 24.9. The van der Waals surface area contributed by atoms with E-state index in [2.05, 4.69) is 129 Å². The maximum absolute atomic E-state index is 5.71. The Kier molecular flexibility index (Phi) is 45.2. The molecular weight excluding hydrogens is 1370 g/mol. The van der Waals surface area contributed by atoms with Gasteiger partial charge >= 0.3 is 0 Å². The Hall–Kier alpha value is -6.04. The first-order valence-electron chi connectivity index (χ1n) is 48.5. The first-order chi connectivity index (χ1) is 55.6. The molecule has 0 aromatic carbocycles. The molecule has 0 fully saturated rings. The molecule has 2 N–H and O–H groups in total. The van der Waals surface area contributed by atoms with Crippen LogP contribution in [0.1, 0.15) is 439 Å². The molecule has 0 amide bonds. The normalized spacial score (nSPS) is 12.0. The van der Waals surface area contributed by atoms with E-state index in [1.165, 1.54) is 385 Å². The number of hydrogen-bond acceptors (Lipinski definition) is 6. The van der Waals surface area contributed by atoms with Crippen LogP contribution in [0.15, 0.2) is 73.3 Å². The average molecular weight is 1530 g/mol. The molecule has 7 aromatic heterocycles. The quantitative estimate of drug-likeness (QED) is 0.0289. The molecule has 9 heterocycles. The first kappa shape index (κ1) is 89.9. The van der Waals surface area contributed by atoms with E-state index >= 15 is 0 Å². The zero-order valence-electron chi connectivity index (χ0n) is 72.5. The van der Waals surface area contributed by atoms with Crippen LogP contribution in [0.3, 0.4) is 0 Å². The maximum Gasteiger partial charge on any atom is 0.261 e. The summed E-state index contributed by atoms with van der Waals surface area (Å²) >= 11 is 0. The third kappa shape index (κ3) is 31.9. The minimum Gasteiger partial charge on any atom is -0.318 e. The lowest BCUT2D eigenvalue weighted by Crippen LogP contribution is -2.36. The molecule has 0 spiro atoms. The van der Waals surface area contributed by atoms with Crippen LogP contribution in [0, 0.1) is 0 Å². The summed E-state index contributed by atoms with van der Waals surface area (Å²) in [6.45, 7) is 12.8. The van der Waals surface area contributed by atoms with Crippen molar-refractivity contribution in [3.05, 3.63) is 73.3 Å². The molecule has 2 aliphatic heterocycles. The monoisotopic (exact) mass is 1530 g/mol. The molecule has 12 heteroatoms. The van der Waals surface area contributed by atoms with E-state index in [1.54, 1.807) is 0 Å². The Labute approximate surface area is 682 Å². The number of aryl methyl sites for hydroxylation is 4. The van der Waals surface area contributed by atoms with Gasteiger partial charge in [-0.3, -0.25) is 0 Å². The molecule has 0 saturated carbocycles. The lowest BCUT2D eigenvalue weighted by molar-refractivity contribution is -0.686. The van der Waals surface area contributed by atoms with Gasteiger partial charge in [-0.2, -0.15) is 18.3 Å². The zero-order chi connectivity index (χ0) is 77.8. The summed E-state index contributed by atoms with van der Waals surface area (Å²) in [5, 5.41) is 2.07. The van der Waals surface area contributed by atoms with Gasteiger partial charge in [0.1, 0.15) is 37.5 Å². The van der Waals surface area contributed by atoms with Crippen molar-refractivity contribution in [3.63, 3.8) is 0 Å². The highest BCUT2D eigenvalue weighted by Gasteiger charge is 2.33. The molecule has 0 radical (unpaired) electrons. The van der Waals surface area contributed by atoms with Crippen molar-refractivity contribution < 1.29 is 18.3 Å². The van der Waals surface area contributed by atoms with Gasteiger partial charge in [0.2, 0.25) is 22.9 Å². The highest BCUT2D eigenvalue weighted by molar-refractivity contribution is 6.01. The first-order valence-corrected chi connectivity index (χ1v) is 48.5. The van der Waals surface area contributed by atoms with E-state index in [1.807, 2.05) is 0 Å². The molecule has 0 unspecified atom stereocenters. The highest BCUT2D eigenvalue weighted by Crippen LogP contribution is 2.35. The van der Waals surface area contributed by atoms with Crippen LogP contribution in [0.25, 0.3) is 90.2 Å². The average Bonchev–Trinajstić information content (AvgIpc) is 1.59. The number of hydrogen-bond donors (Lipinski definition) is 2. The fraction of sp³-hybridized carbons (Fsp3) is 0.720. The van der Waals surface area contributed by atoms with E-state index < -0.39 is 0 Å². The Morgan fingerprint density at radius 3 is 0.643 bits per heavy atom. The fourth-order valence-electron chi connectivity index (χ4n) is 18.0. The van der Waals surface area contributed by atoms with Crippen molar-refractivity contribution in [2.45, 2.75) is 465 Å². The molecular formula is C100H162N12+4. The van der Waals surface area contributed by atoms with Crippen LogP contribution in [0.2, 0.25) is 0 Å². The molecule has 0 saturated heterocycles. The van der Waals surface area contributed by atoms with Gasteiger partial charge in [-0.15, -0.1) is 0 Å². The number of H-pyrrole nitrogens is 2. The SMILES string of the molecule is CCCCCCCCCCCCCCCCCC[n+]1cccc2c1-c1nc-2nc2[nH]c(nc3nc(nc4[nH]c(n1)c1ccc[n+](CCCCCCCCCCCCCCCCCC)c41)-c1ccc[n+](CCCCCCCCCCCCCCCCCC)c1-3)c1ccc[n+](CCCCCCCCCCCCCCCCCC)c21. The van der Waals surface area contributed by atoms with Crippen LogP contribution in [-0.4, -0.2) is 39.9 Å². The van der Waals surface area contributed by atoms with Gasteiger partial charge in [0.15, 0.2) is 36.4 Å². The van der Waals surface area contributed by atoms with Gasteiger partial charge in [0, 0.05) is 49.9 Å². The molecule has 8 bridgehead atoms. The number of unbranched alkanes of at least 4 members (excludes halogenated alkanes) is 60. The number of pyridine rings is 4. The smallest absolute Gasteiger partial charge is 0.261 e. The predicted molar refractivity (Wildman–Crippen MR) is 475 cm³/mol. The topological polar surface area (TPSA) is 124 Å². The summed E-state index contributed by atoms with van der Waals surface area (Å²) in [5.74, 6) is 2.70. The van der Waals surface area contributed by atoms with E-state index in [0.29, 0.717) is 23.3 Å². The summed E-state index contributed by atoms with van der Waals surface area (Å²) in [7, 11) is 0. The van der Waals surface area contributed by atoms with Gasteiger partial charge in [-0.25, -0.2) is 29.9 Å². The Morgan fingerprint density at radius 1 is 0.205 bits per heavy atom. The van der Waals surface area contributed by atoms with Gasteiger partial charge in [0.25, 0.3) is 22.4 Å². The second kappa shape index (κ2) is 56.3. The van der Waals surface area contributed by atoms with Crippen LogP contribution < -0.4 is 18.3 Å². The van der Waals surface area contributed by atoms with E-state index in [4.69, 9.17) is 29.9 Å². The van der Waals surface area contributed by atoms with Gasteiger partial charge in [-0.05, 0) is 49.9 Å². The molecule has 9 rings (SSSR count). The van der Waals surface area contributed by atoms with Gasteiger partial charge in [-0.1, -0.05) is 387 Å². The minimum absolute atomic E-state index is 0.671. The summed E-state index contributed by atoms with van der Waals surface area (Å²) < 4.78 is 9.72. The maximum atomic E-state index is 5.71. The van der Waals surface area contributed by atoms with Gasteiger partial charge < -0.3 is 9.97 Å². The highest BCUT2D eigenvalue weighted by atomic mass is 15.1. The summed E-state index contributed by atoms with van der Waals surface area (Å²) in [6, 6.07) is 17.7. The number of nitrogens with one attached hydrogen (secondary N) is 2.